The average Bonchev–Trinajstić information content (AvgIpc) is 2.99. The van der Waals surface area contributed by atoms with E-state index in [1.807, 2.05) is 0 Å². The van der Waals surface area contributed by atoms with E-state index in [1.165, 1.54) is 55.8 Å². The van der Waals surface area contributed by atoms with Crippen molar-refractivity contribution in [3.8, 4) is 0 Å². The predicted molar refractivity (Wildman–Crippen MR) is 90.9 cm³/mol. The highest BCUT2D eigenvalue weighted by Crippen LogP contribution is 2.43. The Morgan fingerprint density at radius 1 is 1.25 bits per heavy atom. The standard InChI is InChI=1S/C16H29NOS2/c1-2-17-15(14-4-3-9-20-14)13-5-8-18-16(12-13)6-10-19-11-7-16/h13-15,17H,2-12H2,1H3. The van der Waals surface area contributed by atoms with Crippen LogP contribution >= 0.6 is 23.5 Å². The van der Waals surface area contributed by atoms with Gasteiger partial charge in [-0.2, -0.15) is 23.5 Å². The molecule has 0 aliphatic carbocycles. The fourth-order valence-corrected chi connectivity index (χ4v) is 6.92. The smallest absolute Gasteiger partial charge is 0.0701 e. The molecular formula is C16H29NOS2. The molecule has 2 nitrogen and oxygen atoms in total. The van der Waals surface area contributed by atoms with Gasteiger partial charge in [0.2, 0.25) is 0 Å². The van der Waals surface area contributed by atoms with Crippen LogP contribution in [0.3, 0.4) is 0 Å². The summed E-state index contributed by atoms with van der Waals surface area (Å²) >= 11 is 4.32. The second kappa shape index (κ2) is 7.26. The van der Waals surface area contributed by atoms with Crippen LogP contribution in [0.5, 0.6) is 0 Å². The van der Waals surface area contributed by atoms with Crippen LogP contribution in [0.25, 0.3) is 0 Å². The van der Waals surface area contributed by atoms with Crippen molar-refractivity contribution in [1.82, 2.24) is 5.32 Å². The maximum Gasteiger partial charge on any atom is 0.0701 e. The van der Waals surface area contributed by atoms with Gasteiger partial charge in [0.25, 0.3) is 0 Å². The summed E-state index contributed by atoms with van der Waals surface area (Å²) in [5.41, 5.74) is 0.241. The summed E-state index contributed by atoms with van der Waals surface area (Å²) in [6.45, 7) is 4.37. The van der Waals surface area contributed by atoms with E-state index < -0.39 is 0 Å². The lowest BCUT2D eigenvalue weighted by Gasteiger charge is -2.46. The summed E-state index contributed by atoms with van der Waals surface area (Å²) < 4.78 is 6.28. The molecule has 0 aromatic carbocycles. The summed E-state index contributed by atoms with van der Waals surface area (Å²) in [5.74, 6) is 4.81. The Kier molecular flexibility index (Phi) is 5.63. The van der Waals surface area contributed by atoms with Crippen LogP contribution in [-0.4, -0.2) is 47.3 Å². The van der Waals surface area contributed by atoms with Crippen LogP contribution in [0.1, 0.15) is 45.4 Å². The highest BCUT2D eigenvalue weighted by molar-refractivity contribution is 8.00. The van der Waals surface area contributed by atoms with Crippen molar-refractivity contribution < 1.29 is 4.74 Å². The normalized spacial score (nSPS) is 35.2. The maximum atomic E-state index is 6.28. The summed E-state index contributed by atoms with van der Waals surface area (Å²) in [7, 11) is 0. The van der Waals surface area contributed by atoms with E-state index in [9.17, 15) is 0 Å². The van der Waals surface area contributed by atoms with Gasteiger partial charge >= 0.3 is 0 Å². The Labute approximate surface area is 132 Å². The van der Waals surface area contributed by atoms with Crippen molar-refractivity contribution in [1.29, 1.82) is 0 Å². The molecule has 0 radical (unpaired) electrons. The first-order chi connectivity index (χ1) is 9.83. The van der Waals surface area contributed by atoms with Gasteiger partial charge in [-0.3, -0.25) is 0 Å². The summed E-state index contributed by atoms with van der Waals surface area (Å²) in [4.78, 5) is 0. The van der Waals surface area contributed by atoms with Gasteiger partial charge in [-0.05, 0) is 68.2 Å². The van der Waals surface area contributed by atoms with Crippen molar-refractivity contribution in [2.24, 2.45) is 5.92 Å². The van der Waals surface area contributed by atoms with E-state index in [0.717, 1.165) is 30.4 Å². The highest BCUT2D eigenvalue weighted by atomic mass is 32.2. The Bertz CT molecular complexity index is 295. The largest absolute Gasteiger partial charge is 0.375 e. The second-order valence-electron chi connectivity index (χ2n) is 6.53. The highest BCUT2D eigenvalue weighted by Gasteiger charge is 2.42. The molecule has 1 spiro atoms. The lowest BCUT2D eigenvalue weighted by Crippen LogP contribution is -2.51. The minimum Gasteiger partial charge on any atom is -0.375 e. The zero-order chi connectivity index (χ0) is 13.8. The van der Waals surface area contributed by atoms with Gasteiger partial charge in [0, 0.05) is 17.9 Å². The van der Waals surface area contributed by atoms with Crippen molar-refractivity contribution in [3.05, 3.63) is 0 Å². The molecule has 0 aromatic heterocycles. The summed E-state index contributed by atoms with van der Waals surface area (Å²) in [6.07, 6.45) is 7.98. The van der Waals surface area contributed by atoms with Crippen LogP contribution in [-0.2, 0) is 4.74 Å². The zero-order valence-corrected chi connectivity index (χ0v) is 14.4. The molecule has 20 heavy (non-hydrogen) atoms. The quantitative estimate of drug-likeness (QED) is 0.856. The minimum absolute atomic E-state index is 0.241. The number of rotatable bonds is 4. The topological polar surface area (TPSA) is 21.3 Å². The Hall–Kier alpha value is 0.620. The van der Waals surface area contributed by atoms with Crippen LogP contribution < -0.4 is 5.32 Å². The van der Waals surface area contributed by atoms with Gasteiger partial charge in [-0.25, -0.2) is 0 Å². The third-order valence-corrected chi connectivity index (χ3v) is 7.72. The first kappa shape index (κ1) is 15.5. The lowest BCUT2D eigenvalue weighted by atomic mass is 9.77. The van der Waals surface area contributed by atoms with E-state index in [2.05, 4.69) is 35.8 Å². The fourth-order valence-electron chi connectivity index (χ4n) is 4.19. The monoisotopic (exact) mass is 315 g/mol. The molecule has 4 heteroatoms. The molecule has 3 atom stereocenters. The van der Waals surface area contributed by atoms with Gasteiger partial charge < -0.3 is 10.1 Å². The molecule has 3 fully saturated rings. The van der Waals surface area contributed by atoms with Crippen molar-refractivity contribution in [2.45, 2.75) is 62.3 Å². The van der Waals surface area contributed by atoms with Gasteiger partial charge in [0.1, 0.15) is 0 Å². The SMILES string of the molecule is CCNC(C1CCOC2(CCSCC2)C1)C1CCCS1. The van der Waals surface area contributed by atoms with Gasteiger partial charge in [0.05, 0.1) is 5.60 Å². The molecule has 0 saturated carbocycles. The number of thioether (sulfide) groups is 2. The molecule has 1 N–H and O–H groups in total. The average molecular weight is 316 g/mol. The van der Waals surface area contributed by atoms with Crippen molar-refractivity contribution in [2.75, 3.05) is 30.4 Å². The van der Waals surface area contributed by atoms with Gasteiger partial charge in [-0.1, -0.05) is 6.92 Å². The Balaban J connectivity index is 1.66. The van der Waals surface area contributed by atoms with Gasteiger partial charge in [-0.15, -0.1) is 0 Å². The fraction of sp³-hybridized carbons (Fsp3) is 1.00. The van der Waals surface area contributed by atoms with Crippen LogP contribution in [0.2, 0.25) is 0 Å². The molecule has 3 aliphatic heterocycles. The van der Waals surface area contributed by atoms with E-state index in [-0.39, 0.29) is 5.60 Å². The van der Waals surface area contributed by atoms with Crippen LogP contribution in [0.4, 0.5) is 0 Å². The molecule has 3 unspecified atom stereocenters. The maximum absolute atomic E-state index is 6.28. The van der Waals surface area contributed by atoms with Gasteiger partial charge in [0.15, 0.2) is 0 Å². The number of nitrogens with one attached hydrogen (secondary N) is 1. The molecule has 3 heterocycles. The second-order valence-corrected chi connectivity index (χ2v) is 9.10. The molecule has 3 aliphatic rings. The third kappa shape index (κ3) is 3.50. The zero-order valence-electron chi connectivity index (χ0n) is 12.7. The molecule has 3 saturated heterocycles. The van der Waals surface area contributed by atoms with Crippen molar-refractivity contribution >= 4 is 23.5 Å². The molecule has 0 aromatic rings. The van der Waals surface area contributed by atoms with E-state index in [1.54, 1.807) is 0 Å². The molecular weight excluding hydrogens is 286 g/mol. The predicted octanol–water partition coefficient (Wildman–Crippen LogP) is 3.55. The van der Waals surface area contributed by atoms with Crippen LogP contribution in [0.15, 0.2) is 0 Å². The summed E-state index contributed by atoms with van der Waals surface area (Å²) in [5, 5.41) is 4.69. The van der Waals surface area contributed by atoms with E-state index in [0.29, 0.717) is 0 Å². The number of hydrogen-bond acceptors (Lipinski definition) is 4. The Morgan fingerprint density at radius 2 is 2.10 bits per heavy atom. The molecule has 0 amide bonds. The number of hydrogen-bond donors (Lipinski definition) is 1. The minimum atomic E-state index is 0.241. The first-order valence-electron chi connectivity index (χ1n) is 8.40. The Morgan fingerprint density at radius 3 is 2.80 bits per heavy atom. The molecule has 3 rings (SSSR count). The van der Waals surface area contributed by atoms with E-state index in [4.69, 9.17) is 4.74 Å². The first-order valence-corrected chi connectivity index (χ1v) is 10.6. The molecule has 0 bridgehead atoms. The van der Waals surface area contributed by atoms with Crippen LogP contribution in [0, 0.1) is 5.92 Å². The lowest BCUT2D eigenvalue weighted by molar-refractivity contribution is -0.107. The number of ether oxygens (including phenoxy) is 1. The van der Waals surface area contributed by atoms with Crippen molar-refractivity contribution in [3.63, 3.8) is 0 Å². The molecule has 116 valence electrons. The van der Waals surface area contributed by atoms with E-state index >= 15 is 0 Å². The summed E-state index contributed by atoms with van der Waals surface area (Å²) in [6, 6.07) is 0.725. The third-order valence-electron chi connectivity index (χ3n) is 5.25.